The summed E-state index contributed by atoms with van der Waals surface area (Å²) in [6.45, 7) is 0.801. The quantitative estimate of drug-likeness (QED) is 0.530. The molecule has 0 aliphatic heterocycles. The molecule has 0 unspecified atom stereocenters. The summed E-state index contributed by atoms with van der Waals surface area (Å²) in [6.07, 6.45) is 0. The topological polar surface area (TPSA) is 67.2 Å². The Bertz CT molecular complexity index is 1140. The molecule has 0 saturated carbocycles. The van der Waals surface area contributed by atoms with E-state index in [2.05, 4.69) is 10.3 Å². The van der Waals surface area contributed by atoms with Crippen LogP contribution >= 0.6 is 11.6 Å². The molecular weight excluding hydrogens is 374 g/mol. The summed E-state index contributed by atoms with van der Waals surface area (Å²) in [5.41, 5.74) is 3.38. The predicted octanol–water partition coefficient (Wildman–Crippen LogP) is 4.37. The van der Waals surface area contributed by atoms with Crippen LogP contribution in [0.3, 0.4) is 0 Å². The lowest BCUT2D eigenvalue weighted by Crippen LogP contribution is -2.26. The van der Waals surface area contributed by atoms with Gasteiger partial charge in [-0.05, 0) is 41.5 Å². The Balaban J connectivity index is 1.67. The van der Waals surface area contributed by atoms with Crippen LogP contribution in [0.15, 0.2) is 72.8 Å². The predicted molar refractivity (Wildman–Crippen MR) is 110 cm³/mol. The monoisotopic (exact) mass is 391 g/mol. The van der Waals surface area contributed by atoms with Crippen molar-refractivity contribution in [1.29, 1.82) is 0 Å². The largest absolute Gasteiger partial charge is 0.508 e. The summed E-state index contributed by atoms with van der Waals surface area (Å²) < 4.78 is 1.87. The molecule has 0 aliphatic rings. The molecule has 5 nitrogen and oxygen atoms in total. The number of phenolic OH excluding ortho intramolecular Hbond substituents is 1. The minimum absolute atomic E-state index is 0.165. The summed E-state index contributed by atoms with van der Waals surface area (Å²) >= 11 is 6.17. The molecule has 0 bridgehead atoms. The normalized spacial score (nSPS) is 10.9. The molecule has 0 atom stereocenters. The number of nitrogens with one attached hydrogen (secondary N) is 1. The van der Waals surface area contributed by atoms with Gasteiger partial charge in [0.15, 0.2) is 5.82 Å². The van der Waals surface area contributed by atoms with Gasteiger partial charge in [0.2, 0.25) is 0 Å². The third kappa shape index (κ3) is 3.85. The van der Waals surface area contributed by atoms with Crippen molar-refractivity contribution < 1.29 is 9.90 Å². The van der Waals surface area contributed by atoms with Gasteiger partial charge in [0.25, 0.3) is 5.91 Å². The van der Waals surface area contributed by atoms with Crippen LogP contribution in [0.25, 0.3) is 11.0 Å². The Kier molecular flexibility index (Phi) is 5.00. The second-order valence-electron chi connectivity index (χ2n) is 6.49. The van der Waals surface area contributed by atoms with E-state index >= 15 is 0 Å². The van der Waals surface area contributed by atoms with Gasteiger partial charge in [0.05, 0.1) is 11.0 Å². The van der Waals surface area contributed by atoms with Crippen molar-refractivity contribution >= 4 is 28.5 Å². The molecule has 0 spiro atoms. The number of carbonyl (C=O) groups is 1. The van der Waals surface area contributed by atoms with Gasteiger partial charge in [-0.15, -0.1) is 0 Å². The fourth-order valence-corrected chi connectivity index (χ4v) is 3.29. The number of nitrogens with zero attached hydrogens (tertiary/aromatic N) is 2. The molecule has 28 heavy (non-hydrogen) atoms. The average molecular weight is 392 g/mol. The molecule has 1 heterocycles. The van der Waals surface area contributed by atoms with Crippen molar-refractivity contribution in [3.63, 3.8) is 0 Å². The van der Waals surface area contributed by atoms with Crippen LogP contribution in [0.2, 0.25) is 5.02 Å². The minimum Gasteiger partial charge on any atom is -0.508 e. The van der Waals surface area contributed by atoms with Gasteiger partial charge in [0, 0.05) is 18.1 Å². The van der Waals surface area contributed by atoms with Gasteiger partial charge in [-0.3, -0.25) is 4.79 Å². The third-order valence-electron chi connectivity index (χ3n) is 4.46. The molecule has 0 fully saturated rings. The first-order valence-electron chi connectivity index (χ1n) is 8.86. The Labute approximate surface area is 167 Å². The highest BCUT2D eigenvalue weighted by Gasteiger charge is 2.18. The zero-order chi connectivity index (χ0) is 19.5. The molecule has 1 amide bonds. The number of rotatable bonds is 5. The molecule has 1 aromatic heterocycles. The van der Waals surface area contributed by atoms with E-state index in [1.54, 1.807) is 24.3 Å². The number of imidazole rings is 1. The maximum Gasteiger partial charge on any atom is 0.287 e. The first kappa shape index (κ1) is 18.1. The van der Waals surface area contributed by atoms with Crippen molar-refractivity contribution in [1.82, 2.24) is 14.9 Å². The number of phenols is 1. The van der Waals surface area contributed by atoms with E-state index in [1.807, 2.05) is 53.1 Å². The van der Waals surface area contributed by atoms with E-state index in [-0.39, 0.29) is 11.7 Å². The van der Waals surface area contributed by atoms with E-state index in [0.29, 0.717) is 29.5 Å². The number of aromatic nitrogens is 2. The molecule has 0 saturated heterocycles. The summed E-state index contributed by atoms with van der Waals surface area (Å²) in [7, 11) is 0. The Morgan fingerprint density at radius 3 is 2.57 bits per heavy atom. The third-order valence-corrected chi connectivity index (χ3v) is 4.70. The molecule has 6 heteroatoms. The van der Waals surface area contributed by atoms with E-state index < -0.39 is 0 Å². The SMILES string of the molecule is O=C(NCc1cccc(O)c1)c1nc2ccc(Cl)cc2n1Cc1ccccc1. The van der Waals surface area contributed by atoms with Crippen molar-refractivity contribution in [3.05, 3.63) is 94.8 Å². The molecule has 2 N–H and O–H groups in total. The molecule has 4 aromatic rings. The Morgan fingerprint density at radius 1 is 1.00 bits per heavy atom. The first-order valence-corrected chi connectivity index (χ1v) is 9.24. The number of aromatic hydroxyl groups is 1. The summed E-state index contributed by atoms with van der Waals surface area (Å²) in [5, 5.41) is 13.1. The van der Waals surface area contributed by atoms with Crippen molar-refractivity contribution in [3.8, 4) is 5.75 Å². The van der Waals surface area contributed by atoms with Crippen LogP contribution in [0.1, 0.15) is 21.7 Å². The smallest absolute Gasteiger partial charge is 0.287 e. The number of halogens is 1. The number of carbonyl (C=O) groups excluding carboxylic acids is 1. The van der Waals surface area contributed by atoms with E-state index in [4.69, 9.17) is 11.6 Å². The van der Waals surface area contributed by atoms with Crippen LogP contribution in [-0.4, -0.2) is 20.6 Å². The van der Waals surface area contributed by atoms with Crippen LogP contribution < -0.4 is 5.32 Å². The highest BCUT2D eigenvalue weighted by atomic mass is 35.5. The number of benzene rings is 3. The zero-order valence-corrected chi connectivity index (χ0v) is 15.7. The standard InChI is InChI=1S/C22H18ClN3O2/c23-17-9-10-19-20(12-17)26(14-15-5-2-1-3-6-15)21(25-19)22(28)24-13-16-7-4-8-18(27)11-16/h1-12,27H,13-14H2,(H,24,28). The van der Waals surface area contributed by atoms with Crippen LogP contribution in [0, 0.1) is 0 Å². The van der Waals surface area contributed by atoms with E-state index in [1.165, 1.54) is 0 Å². The van der Waals surface area contributed by atoms with Gasteiger partial charge < -0.3 is 15.0 Å². The van der Waals surface area contributed by atoms with Gasteiger partial charge in [-0.25, -0.2) is 4.98 Å². The molecule has 0 radical (unpaired) electrons. The molecular formula is C22H18ClN3O2. The zero-order valence-electron chi connectivity index (χ0n) is 15.0. The number of fused-ring (bicyclic) bond motifs is 1. The fourth-order valence-electron chi connectivity index (χ4n) is 3.12. The maximum atomic E-state index is 12.9. The molecule has 3 aromatic carbocycles. The molecule has 4 rings (SSSR count). The highest BCUT2D eigenvalue weighted by Crippen LogP contribution is 2.22. The van der Waals surface area contributed by atoms with E-state index in [9.17, 15) is 9.90 Å². The number of amides is 1. The van der Waals surface area contributed by atoms with Gasteiger partial charge in [-0.1, -0.05) is 54.1 Å². The number of hydrogen-bond donors (Lipinski definition) is 2. The van der Waals surface area contributed by atoms with Crippen molar-refractivity contribution in [2.24, 2.45) is 0 Å². The minimum atomic E-state index is -0.286. The first-order chi connectivity index (χ1) is 13.6. The van der Waals surface area contributed by atoms with Gasteiger partial charge in [-0.2, -0.15) is 0 Å². The highest BCUT2D eigenvalue weighted by molar-refractivity contribution is 6.31. The summed E-state index contributed by atoms with van der Waals surface area (Å²) in [4.78, 5) is 17.4. The van der Waals surface area contributed by atoms with Crippen molar-refractivity contribution in [2.75, 3.05) is 0 Å². The average Bonchev–Trinajstić information content (AvgIpc) is 3.05. The number of hydrogen-bond acceptors (Lipinski definition) is 3. The second kappa shape index (κ2) is 7.74. The van der Waals surface area contributed by atoms with Crippen LogP contribution in [0.5, 0.6) is 5.75 Å². The fraction of sp³-hybridized carbons (Fsp3) is 0.0909. The van der Waals surface area contributed by atoms with Gasteiger partial charge >= 0.3 is 0 Å². The molecule has 0 aliphatic carbocycles. The second-order valence-corrected chi connectivity index (χ2v) is 6.93. The summed E-state index contributed by atoms with van der Waals surface area (Å²) in [5.74, 6) is 0.200. The lowest BCUT2D eigenvalue weighted by molar-refractivity contribution is 0.0937. The molecule has 140 valence electrons. The van der Waals surface area contributed by atoms with Crippen LogP contribution in [0.4, 0.5) is 0 Å². The van der Waals surface area contributed by atoms with Gasteiger partial charge in [0.1, 0.15) is 5.75 Å². The lowest BCUT2D eigenvalue weighted by Gasteiger charge is -2.10. The Hall–Kier alpha value is -3.31. The lowest BCUT2D eigenvalue weighted by atomic mass is 10.2. The van der Waals surface area contributed by atoms with Crippen LogP contribution in [-0.2, 0) is 13.1 Å². The Morgan fingerprint density at radius 2 is 1.79 bits per heavy atom. The maximum absolute atomic E-state index is 12.9. The van der Waals surface area contributed by atoms with E-state index in [0.717, 1.165) is 16.6 Å². The van der Waals surface area contributed by atoms with Crippen molar-refractivity contribution in [2.45, 2.75) is 13.1 Å². The summed E-state index contributed by atoms with van der Waals surface area (Å²) in [6, 6.07) is 22.1.